The molecule has 9 heteroatoms. The number of nitrogens with one attached hydrogen (secondary N) is 1. The minimum atomic E-state index is -0.0483. The minimum Gasteiger partial charge on any atom is -0.497 e. The lowest BCUT2D eigenvalue weighted by molar-refractivity contribution is -0.113. The summed E-state index contributed by atoms with van der Waals surface area (Å²) >= 11 is 2.90. The Morgan fingerprint density at radius 3 is 2.68 bits per heavy atom. The first-order valence-corrected chi connectivity index (χ1v) is 12.3. The predicted octanol–water partition coefficient (Wildman–Crippen LogP) is 3.74. The molecule has 0 spiro atoms. The molecule has 0 radical (unpaired) electrons. The number of hydrogen-bond donors (Lipinski definition) is 1. The molecule has 2 aliphatic heterocycles. The van der Waals surface area contributed by atoms with Crippen LogP contribution in [0.5, 0.6) is 5.75 Å². The molecule has 1 saturated heterocycles. The molecule has 1 atom stereocenters. The van der Waals surface area contributed by atoms with Gasteiger partial charge in [-0.05, 0) is 43.6 Å². The van der Waals surface area contributed by atoms with Gasteiger partial charge in [-0.3, -0.25) is 19.1 Å². The topological polar surface area (TPSA) is 76.5 Å². The summed E-state index contributed by atoms with van der Waals surface area (Å²) in [7, 11) is 1.67. The van der Waals surface area contributed by atoms with Gasteiger partial charge in [0, 0.05) is 6.54 Å². The molecule has 1 aromatic carbocycles. The van der Waals surface area contributed by atoms with Crippen LogP contribution in [0.15, 0.2) is 39.6 Å². The standard InChI is InChI=1S/C22H24N4O3S2/c1-29-15-7-5-14(6-8-15)16(25-9-3-2-4-10-25)11-26-13-23-18-19-22(30-12-17(27)24-19)31-20(18)21(26)28/h5-8,13,16H,2-4,9-12H2,1H3,(H,24,27). The SMILES string of the molecule is COc1ccc(C(Cn2cnc3c4c(sc3c2=O)SCC(=O)N4)N2CCCCC2)cc1. The third-order valence-electron chi connectivity index (χ3n) is 5.93. The first-order chi connectivity index (χ1) is 15.1. The van der Waals surface area contributed by atoms with Gasteiger partial charge in [0.2, 0.25) is 5.91 Å². The second-order valence-corrected chi connectivity index (χ2v) is 10.1. The van der Waals surface area contributed by atoms with Gasteiger partial charge in [-0.25, -0.2) is 4.98 Å². The van der Waals surface area contributed by atoms with E-state index in [-0.39, 0.29) is 17.5 Å². The smallest absolute Gasteiger partial charge is 0.271 e. The van der Waals surface area contributed by atoms with Crippen molar-refractivity contribution in [3.05, 3.63) is 46.5 Å². The molecule has 2 aromatic heterocycles. The number of anilines is 1. The number of piperidine rings is 1. The highest BCUT2D eigenvalue weighted by Gasteiger charge is 2.26. The van der Waals surface area contributed by atoms with E-state index in [1.165, 1.54) is 47.9 Å². The molecule has 0 bridgehead atoms. The minimum absolute atomic E-state index is 0.0465. The second-order valence-electron chi connectivity index (χ2n) is 7.87. The number of amides is 1. The zero-order valence-electron chi connectivity index (χ0n) is 17.3. The van der Waals surface area contributed by atoms with Crippen molar-refractivity contribution in [1.29, 1.82) is 0 Å². The number of carbonyl (C=O) groups is 1. The average Bonchev–Trinajstić information content (AvgIpc) is 3.18. The third kappa shape index (κ3) is 3.97. The summed E-state index contributed by atoms with van der Waals surface area (Å²) < 4.78 is 8.60. The van der Waals surface area contributed by atoms with Crippen molar-refractivity contribution >= 4 is 44.9 Å². The Kier molecular flexibility index (Phi) is 5.73. The maximum absolute atomic E-state index is 13.4. The van der Waals surface area contributed by atoms with Gasteiger partial charge in [-0.15, -0.1) is 23.1 Å². The lowest BCUT2D eigenvalue weighted by atomic mass is 10.0. The van der Waals surface area contributed by atoms with Crippen LogP contribution in [0.2, 0.25) is 0 Å². The Hall–Kier alpha value is -2.36. The van der Waals surface area contributed by atoms with Crippen LogP contribution in [0.4, 0.5) is 5.69 Å². The molecule has 31 heavy (non-hydrogen) atoms. The predicted molar refractivity (Wildman–Crippen MR) is 124 cm³/mol. The van der Waals surface area contributed by atoms with E-state index in [0.717, 1.165) is 23.0 Å². The normalized spacial score (nSPS) is 17.9. The van der Waals surface area contributed by atoms with Crippen LogP contribution < -0.4 is 15.6 Å². The van der Waals surface area contributed by atoms with E-state index < -0.39 is 0 Å². The van der Waals surface area contributed by atoms with E-state index in [9.17, 15) is 9.59 Å². The number of methoxy groups -OCH3 is 1. The number of hydrogen-bond acceptors (Lipinski definition) is 7. The average molecular weight is 457 g/mol. The molecule has 2 aliphatic rings. The highest BCUT2D eigenvalue weighted by Crippen LogP contribution is 2.42. The molecule has 1 unspecified atom stereocenters. The fraction of sp³-hybridized carbons (Fsp3) is 0.409. The molecule has 5 rings (SSSR count). The number of aromatic nitrogens is 2. The van der Waals surface area contributed by atoms with Crippen LogP contribution in [0.3, 0.4) is 0 Å². The maximum atomic E-state index is 13.4. The van der Waals surface area contributed by atoms with E-state index >= 15 is 0 Å². The number of benzene rings is 1. The summed E-state index contributed by atoms with van der Waals surface area (Å²) in [5, 5.41) is 2.88. The van der Waals surface area contributed by atoms with Crippen LogP contribution >= 0.6 is 23.1 Å². The number of nitrogens with zero attached hydrogens (tertiary/aromatic N) is 3. The summed E-state index contributed by atoms with van der Waals surface area (Å²) in [6.07, 6.45) is 5.23. The molecule has 4 heterocycles. The van der Waals surface area contributed by atoms with Crippen LogP contribution in [-0.2, 0) is 11.3 Å². The fourth-order valence-electron chi connectivity index (χ4n) is 4.30. The number of thioether (sulfide) groups is 1. The Balaban J connectivity index is 1.51. The molecule has 1 fully saturated rings. The van der Waals surface area contributed by atoms with E-state index in [1.807, 2.05) is 12.1 Å². The van der Waals surface area contributed by atoms with Gasteiger partial charge >= 0.3 is 0 Å². The molecule has 0 aliphatic carbocycles. The zero-order valence-corrected chi connectivity index (χ0v) is 18.9. The Morgan fingerprint density at radius 1 is 1.16 bits per heavy atom. The first kappa shape index (κ1) is 20.5. The lowest BCUT2D eigenvalue weighted by Gasteiger charge is -2.35. The Morgan fingerprint density at radius 2 is 1.94 bits per heavy atom. The highest BCUT2D eigenvalue weighted by atomic mass is 32.2. The van der Waals surface area contributed by atoms with Crippen molar-refractivity contribution in [2.45, 2.75) is 36.1 Å². The van der Waals surface area contributed by atoms with E-state index in [1.54, 1.807) is 18.0 Å². The van der Waals surface area contributed by atoms with Gasteiger partial charge in [0.25, 0.3) is 5.56 Å². The van der Waals surface area contributed by atoms with Gasteiger partial charge in [0.05, 0.1) is 35.1 Å². The van der Waals surface area contributed by atoms with Crippen molar-refractivity contribution in [2.24, 2.45) is 0 Å². The van der Waals surface area contributed by atoms with Crippen molar-refractivity contribution < 1.29 is 9.53 Å². The summed E-state index contributed by atoms with van der Waals surface area (Å²) in [4.78, 5) is 32.2. The highest BCUT2D eigenvalue weighted by molar-refractivity contribution is 8.02. The number of likely N-dealkylation sites (tertiary alicyclic amines) is 1. The van der Waals surface area contributed by atoms with Crippen LogP contribution in [-0.4, -0.2) is 46.3 Å². The van der Waals surface area contributed by atoms with Gasteiger partial charge in [0.1, 0.15) is 16.0 Å². The second kappa shape index (κ2) is 8.64. The van der Waals surface area contributed by atoms with Gasteiger partial charge in [-0.1, -0.05) is 18.6 Å². The molecule has 1 amide bonds. The van der Waals surface area contributed by atoms with E-state index in [4.69, 9.17) is 4.74 Å². The summed E-state index contributed by atoms with van der Waals surface area (Å²) in [6, 6.07) is 8.22. The van der Waals surface area contributed by atoms with Crippen LogP contribution in [0.25, 0.3) is 10.2 Å². The summed E-state index contributed by atoms with van der Waals surface area (Å²) in [5.41, 5.74) is 2.41. The number of thiophene rings is 1. The van der Waals surface area contributed by atoms with Crippen molar-refractivity contribution in [3.8, 4) is 5.75 Å². The van der Waals surface area contributed by atoms with Crippen molar-refractivity contribution in [3.63, 3.8) is 0 Å². The number of rotatable bonds is 5. The summed E-state index contributed by atoms with van der Waals surface area (Å²) in [6.45, 7) is 2.59. The number of carbonyl (C=O) groups excluding carboxylic acids is 1. The maximum Gasteiger partial charge on any atom is 0.271 e. The zero-order chi connectivity index (χ0) is 21.4. The van der Waals surface area contributed by atoms with Crippen molar-refractivity contribution in [1.82, 2.24) is 14.5 Å². The quantitative estimate of drug-likeness (QED) is 0.630. The molecule has 3 aromatic rings. The first-order valence-electron chi connectivity index (χ1n) is 10.5. The largest absolute Gasteiger partial charge is 0.497 e. The Bertz CT molecular complexity index is 1170. The van der Waals surface area contributed by atoms with Crippen molar-refractivity contribution in [2.75, 3.05) is 31.3 Å². The molecule has 7 nitrogen and oxygen atoms in total. The summed E-state index contributed by atoms with van der Waals surface area (Å²) in [5.74, 6) is 1.15. The number of ether oxygens (including phenoxy) is 1. The monoisotopic (exact) mass is 456 g/mol. The molecular weight excluding hydrogens is 432 g/mol. The van der Waals surface area contributed by atoms with E-state index in [0.29, 0.717) is 28.2 Å². The lowest BCUT2D eigenvalue weighted by Crippen LogP contribution is -2.37. The molecular formula is C22H24N4O3S2. The third-order valence-corrected chi connectivity index (χ3v) is 8.37. The van der Waals surface area contributed by atoms with Crippen LogP contribution in [0.1, 0.15) is 30.9 Å². The van der Waals surface area contributed by atoms with Crippen LogP contribution in [0, 0.1) is 0 Å². The molecule has 1 N–H and O–H groups in total. The van der Waals surface area contributed by atoms with Gasteiger partial charge in [-0.2, -0.15) is 0 Å². The van der Waals surface area contributed by atoms with Gasteiger partial charge < -0.3 is 10.1 Å². The molecule has 162 valence electrons. The van der Waals surface area contributed by atoms with E-state index in [2.05, 4.69) is 27.3 Å². The molecule has 0 saturated carbocycles. The number of fused-ring (bicyclic) bond motifs is 3. The fourth-order valence-corrected chi connectivity index (χ4v) is 6.48. The van der Waals surface area contributed by atoms with Gasteiger partial charge in [0.15, 0.2) is 0 Å². The Labute approximate surface area is 188 Å².